The van der Waals surface area contributed by atoms with Crippen molar-refractivity contribution >= 4 is 111 Å². The zero-order valence-corrected chi connectivity index (χ0v) is 74.2. The number of nitrogens with zero attached hydrogens (tertiary/aromatic N) is 4. The Hall–Kier alpha value is -1.73. The number of phosphoric ester groups is 4. The number of aliphatic hydroxyl groups is 4. The number of rotatable bonds is 53. The molecule has 0 aliphatic carbocycles. The predicted molar refractivity (Wildman–Crippen MR) is 429 cm³/mol. The van der Waals surface area contributed by atoms with Gasteiger partial charge < -0.3 is 126 Å². The number of ether oxygens (including phenoxy) is 1. The van der Waals surface area contributed by atoms with Crippen LogP contribution in [0.2, 0.25) is 0 Å². The molecule has 0 radical (unpaired) electrons. The van der Waals surface area contributed by atoms with E-state index in [2.05, 4.69) is 89.3 Å². The summed E-state index contributed by atoms with van der Waals surface area (Å²) in [6, 6.07) is -3.32. The van der Waals surface area contributed by atoms with Crippen molar-refractivity contribution in [2.45, 2.75) is 160 Å². The molecule has 35 nitrogen and oxygen atoms in total. The summed E-state index contributed by atoms with van der Waals surface area (Å²) in [6.07, 6.45) is 18.5. The van der Waals surface area contributed by atoms with Gasteiger partial charge in [-0.1, -0.05) is 100 Å². The lowest BCUT2D eigenvalue weighted by atomic mass is 10.1. The fourth-order valence-corrected chi connectivity index (χ4v) is 10.1. The van der Waals surface area contributed by atoms with E-state index >= 15 is 0 Å². The molecule has 1 aliphatic rings. The van der Waals surface area contributed by atoms with Crippen LogP contribution in [0, 0.1) is 0 Å². The molecule has 0 aromatic rings. The van der Waals surface area contributed by atoms with E-state index in [1.807, 2.05) is 84.6 Å². The lowest BCUT2D eigenvalue weighted by Crippen LogP contribution is -2.45. The first-order valence-electron chi connectivity index (χ1n) is 36.6. The second kappa shape index (κ2) is 66.4. The predicted octanol–water partition coefficient (Wildman–Crippen LogP) is 2.04. The van der Waals surface area contributed by atoms with Crippen LogP contribution in [0.1, 0.15) is 112 Å². The van der Waals surface area contributed by atoms with Crippen molar-refractivity contribution in [3.8, 4) is 0 Å². The number of esters is 2. The molecule has 2 amide bonds. The molecule has 6 unspecified atom stereocenters. The summed E-state index contributed by atoms with van der Waals surface area (Å²) >= 11 is 7.19. The summed E-state index contributed by atoms with van der Waals surface area (Å²) in [5.41, 5.74) is 11.2. The van der Waals surface area contributed by atoms with Crippen LogP contribution in [0.25, 0.3) is 0 Å². The summed E-state index contributed by atoms with van der Waals surface area (Å²) in [7, 11) is 9.55. The number of carbonyl (C=O) groups excluding carboxylic acids is 4. The third kappa shape index (κ3) is 85.2. The maximum atomic E-state index is 12.5. The summed E-state index contributed by atoms with van der Waals surface area (Å²) in [5.74, 6) is -1.08. The Morgan fingerprint density at radius 2 is 0.824 bits per heavy atom. The van der Waals surface area contributed by atoms with Crippen molar-refractivity contribution in [2.24, 2.45) is 11.5 Å². The van der Waals surface area contributed by atoms with Gasteiger partial charge in [0.05, 0.1) is 160 Å². The number of hydrogen-bond acceptors (Lipinski definition) is 31. The number of quaternary nitrogens is 4. The van der Waals surface area contributed by atoms with Crippen molar-refractivity contribution in [3.63, 3.8) is 0 Å². The Morgan fingerprint density at radius 1 is 0.556 bits per heavy atom. The summed E-state index contributed by atoms with van der Waals surface area (Å²) in [6.45, 7) is 12.4. The van der Waals surface area contributed by atoms with Gasteiger partial charge in [0.1, 0.15) is 64.8 Å². The van der Waals surface area contributed by atoms with Crippen molar-refractivity contribution in [3.05, 3.63) is 60.9 Å². The van der Waals surface area contributed by atoms with Gasteiger partial charge in [-0.05, 0) is 43.2 Å². The molecule has 0 spiro atoms. The SMILES string of the molecule is C/C=C/[C@@H](O)[C@@H](N)COP(=O)([O-])OCC[N+](C)(C)C.C/C=C/[C@@H](O)[C@H](COP(=O)([O-])OCC[N+](C)(C)C)NC(C)=O.O=C1CC(=O)O1.[2H]B(P)S.[2H]B(P)S.[3H]O[C@H](/C=C/C)[C@@H](N)COP(=O)([O-])OCC[N+](C)(C)C.[3H]O[C@H](/C=C/C)[C@H](COP(=O)([O-])OCC[N+](C)(C)C)NC(=O)CCCCCCCCCCCC(=C)OO. The molecule has 11 N–H and O–H groups in total. The van der Waals surface area contributed by atoms with Crippen LogP contribution in [0.5, 0.6) is 0 Å². The molecular formula is C63H136B2N8O27P6S2. The van der Waals surface area contributed by atoms with E-state index in [1.165, 1.54) is 19.1 Å². The first-order chi connectivity index (χ1) is 51.3. The Kier molecular flexibility index (Phi) is 66.6. The van der Waals surface area contributed by atoms with Gasteiger partial charge in [-0.3, -0.25) is 37.4 Å². The quantitative estimate of drug-likeness (QED) is 0.00355. The normalized spacial score (nSPS) is 17.4. The molecule has 0 saturated carbocycles. The highest BCUT2D eigenvalue weighted by Gasteiger charge is 2.27. The molecule has 108 heavy (non-hydrogen) atoms. The van der Waals surface area contributed by atoms with Gasteiger partial charge in [0.15, 0.2) is 0 Å². The third-order valence-electron chi connectivity index (χ3n) is 13.2. The molecule has 1 aliphatic heterocycles. The van der Waals surface area contributed by atoms with Gasteiger partial charge in [0, 0.05) is 19.8 Å². The smallest absolute Gasteiger partial charge is 0.324 e. The molecular weight excluding hydrogens is 1570 g/mol. The zero-order valence-electron chi connectivity index (χ0n) is 70.5. The second-order valence-electron chi connectivity index (χ2n) is 27.8. The summed E-state index contributed by atoms with van der Waals surface area (Å²) < 4.78 is 118. The van der Waals surface area contributed by atoms with Gasteiger partial charge in [0.25, 0.3) is 31.3 Å². The highest BCUT2D eigenvalue weighted by Crippen LogP contribution is 2.41. The Labute approximate surface area is 666 Å². The molecule has 1 rings (SSSR count). The van der Waals surface area contributed by atoms with Crippen LogP contribution in [0.3, 0.4) is 0 Å². The van der Waals surface area contributed by atoms with Crippen molar-refractivity contribution < 1.29 is 146 Å². The molecule has 0 bridgehead atoms. The van der Waals surface area contributed by atoms with Crippen molar-refractivity contribution in [1.82, 2.24) is 10.6 Å². The molecule has 1 saturated heterocycles. The van der Waals surface area contributed by atoms with E-state index < -0.39 is 111 Å². The van der Waals surface area contributed by atoms with Crippen LogP contribution in [-0.2, 0) is 83.3 Å². The van der Waals surface area contributed by atoms with Crippen LogP contribution in [0.15, 0.2) is 60.9 Å². The van der Waals surface area contributed by atoms with Gasteiger partial charge in [-0.2, -0.15) is 18.2 Å². The average Bonchev–Trinajstić information content (AvgIpc) is 0.888. The largest absolute Gasteiger partial charge is 0.756 e. The number of nitrogens with two attached hydrogens (primary N) is 2. The van der Waals surface area contributed by atoms with E-state index in [4.69, 9.17) is 49.4 Å². The minimum atomic E-state index is -4.57. The number of amides is 2. The van der Waals surface area contributed by atoms with Crippen LogP contribution in [0.4, 0.5) is 0 Å². The standard InChI is InChI=1S/C25H49N2O8P.C13H27N2O6P.2C11H25N2O5P.C3H2O3.2BH4PS/c1-6-16-24(28)23(21-34-36(31,32)33-20-19-27(3,4)5)26-25(29)18-15-13-11-9-7-8-10-12-14-17-22(2)35-30;1-6-7-13(17)12(14-11(2)16)10-21-22(18,19)20-9-8-15(3,4)5;2*1-5-6-11(14)10(12)9-18-19(15,16)17-8-7-13(2,3)4;4-2-1-3(5)6-2;2*2-1-3/h6,16,23-24,28H,2,7-15,17-21H2,1,3-5H3,(H2-,26,29,30,31,32);6-7,12-13,17H,8-10H2,1-5H3,(H-,14,16,18,19);2*5-6,10-11,14H,7-9,12H2,1-4H3;1H2;2*1,3H,2H2/b16-6+;7-6+;2*6-5+;;;/t23-,24+;12-,13+;2*10-,11+;;;/m0000.../s1/i28T;;14T;;;2*1D. The lowest BCUT2D eigenvalue weighted by molar-refractivity contribution is -0.870. The lowest BCUT2D eigenvalue weighted by Gasteiger charge is -2.29. The fraction of sp³-hybridized carbons (Fsp3) is 0.778. The van der Waals surface area contributed by atoms with Gasteiger partial charge in [-0.15, -0.1) is 0 Å². The first kappa shape index (κ1) is 108. The number of thiol groups is 2. The second-order valence-corrected chi connectivity index (χ2v) is 35.8. The summed E-state index contributed by atoms with van der Waals surface area (Å²) in [5, 5.41) is 41.9. The van der Waals surface area contributed by atoms with Crippen molar-refractivity contribution in [1.29, 1.82) is 5.53 Å². The minimum Gasteiger partial charge on any atom is -0.756 e. The average molecular weight is 1720 g/mol. The van der Waals surface area contributed by atoms with Gasteiger partial charge >= 0.3 is 11.9 Å². The Morgan fingerprint density at radius 3 is 1.10 bits per heavy atom. The Bertz CT molecular complexity index is 2800. The molecule has 0 aromatic heterocycles. The Balaban J connectivity index is -0.000000325. The molecule has 0 aromatic carbocycles. The number of phosphoric acid groups is 4. The minimum absolute atomic E-state index is 0.00744. The van der Waals surface area contributed by atoms with E-state index in [-0.39, 0.29) is 64.5 Å². The maximum absolute atomic E-state index is 12.5. The topological polar surface area (TPSA) is 498 Å². The van der Waals surface area contributed by atoms with E-state index in [1.54, 1.807) is 64.2 Å². The van der Waals surface area contributed by atoms with Crippen LogP contribution >= 0.6 is 74.5 Å². The number of unbranched alkanes of at least 4 members (excludes halogenated alkanes) is 8. The van der Waals surface area contributed by atoms with Gasteiger partial charge in [0.2, 0.25) is 27.2 Å². The number of likely N-dealkylation sites (N-methyl/N-ethyl adjacent to an activating group) is 4. The number of nitrogens with one attached hydrogen (secondary N) is 2. The molecule has 45 heteroatoms. The van der Waals surface area contributed by atoms with E-state index in [0.29, 0.717) is 69.1 Å². The fourth-order valence-electron chi connectivity index (χ4n) is 7.19. The summed E-state index contributed by atoms with van der Waals surface area (Å²) in [4.78, 5) is 93.7. The number of cyclic esters (lactones) is 2. The highest BCUT2D eigenvalue weighted by atomic mass is 32.1. The third-order valence-corrected chi connectivity index (χ3v) is 17.0. The number of carbonyl (C=O) groups is 4. The van der Waals surface area contributed by atoms with Crippen LogP contribution < -0.4 is 41.7 Å². The van der Waals surface area contributed by atoms with E-state index in [9.17, 15) is 67.2 Å². The molecule has 14 atom stereocenters. The zero-order chi connectivity index (χ0) is 88.2. The molecule has 638 valence electrons. The number of aliphatic hydroxyl groups excluding tert-OH is 4. The van der Waals surface area contributed by atoms with Crippen LogP contribution in [-0.4, -0.2) is 298 Å². The maximum Gasteiger partial charge on any atom is 0.324 e. The first-order valence-corrected chi connectivity index (χ1v) is 42.8. The number of allylic oxidation sites excluding steroid dienone is 5. The molecule has 1 heterocycles. The number of hydrogen-bond donors (Lipinski definition) is 11. The van der Waals surface area contributed by atoms with Crippen molar-refractivity contribution in [2.75, 3.05) is 164 Å². The monoisotopic (exact) mass is 1710 g/mol. The van der Waals surface area contributed by atoms with E-state index in [0.717, 1.165) is 51.4 Å². The van der Waals surface area contributed by atoms with Gasteiger partial charge in [-0.25, -0.2) is 30.2 Å². The molecule has 1 fully saturated rings. The highest BCUT2D eigenvalue weighted by molar-refractivity contribution is 8.20.